The summed E-state index contributed by atoms with van der Waals surface area (Å²) in [6.45, 7) is 5.55. The molecule has 5 nitrogen and oxygen atoms in total. The molecule has 0 saturated carbocycles. The molecule has 2 aliphatic rings. The third kappa shape index (κ3) is 4.25. The first-order valence-electron chi connectivity index (χ1n) is 9.58. The molecule has 0 aliphatic carbocycles. The van der Waals surface area contributed by atoms with Gasteiger partial charge in [-0.2, -0.15) is 0 Å². The summed E-state index contributed by atoms with van der Waals surface area (Å²) >= 11 is 0. The van der Waals surface area contributed by atoms with E-state index in [9.17, 15) is 14.0 Å². The molecule has 1 aromatic rings. The van der Waals surface area contributed by atoms with Gasteiger partial charge in [-0.05, 0) is 65.0 Å². The minimum atomic E-state index is -0.556. The zero-order chi connectivity index (χ0) is 19.8. The molecule has 2 heterocycles. The molecule has 148 valence electrons. The first-order valence-corrected chi connectivity index (χ1v) is 9.58. The number of hydrogen-bond acceptors (Lipinski definition) is 4. The van der Waals surface area contributed by atoms with E-state index in [1.54, 1.807) is 6.07 Å². The fraction of sp³-hybridized carbons (Fsp3) is 0.619. The number of ketones is 1. The van der Waals surface area contributed by atoms with Crippen LogP contribution in [0.15, 0.2) is 18.2 Å². The number of ether oxygens (including phenoxy) is 2. The quantitative estimate of drug-likeness (QED) is 0.723. The van der Waals surface area contributed by atoms with Gasteiger partial charge in [-0.25, -0.2) is 9.18 Å². The summed E-state index contributed by atoms with van der Waals surface area (Å²) in [7, 11) is 1.46. The summed E-state index contributed by atoms with van der Waals surface area (Å²) in [5, 5.41) is 0. The molecule has 2 saturated heterocycles. The average Bonchev–Trinajstić information content (AvgIpc) is 2.58. The number of methoxy groups -OCH3 is 1. The Bertz CT molecular complexity index is 713. The van der Waals surface area contributed by atoms with E-state index in [2.05, 4.69) is 0 Å². The fourth-order valence-corrected chi connectivity index (χ4v) is 4.25. The van der Waals surface area contributed by atoms with E-state index in [0.29, 0.717) is 18.6 Å². The summed E-state index contributed by atoms with van der Waals surface area (Å²) in [6, 6.07) is 4.29. The van der Waals surface area contributed by atoms with Crippen molar-refractivity contribution in [3.05, 3.63) is 29.6 Å². The third-order valence-corrected chi connectivity index (χ3v) is 5.39. The van der Waals surface area contributed by atoms with Crippen LogP contribution in [0.3, 0.4) is 0 Å². The molecule has 2 unspecified atom stereocenters. The van der Waals surface area contributed by atoms with Crippen LogP contribution in [-0.2, 0) is 4.74 Å². The van der Waals surface area contributed by atoms with Crippen LogP contribution in [0.1, 0.15) is 63.2 Å². The van der Waals surface area contributed by atoms with Crippen LogP contribution in [0.2, 0.25) is 0 Å². The number of rotatable bonds is 3. The second-order valence-corrected chi connectivity index (χ2v) is 8.50. The van der Waals surface area contributed by atoms with Crippen molar-refractivity contribution in [2.75, 3.05) is 7.11 Å². The molecule has 27 heavy (non-hydrogen) atoms. The number of amides is 1. The summed E-state index contributed by atoms with van der Waals surface area (Å²) < 4.78 is 24.9. The van der Waals surface area contributed by atoms with Gasteiger partial charge in [0.2, 0.25) is 0 Å². The Morgan fingerprint density at radius 2 is 1.78 bits per heavy atom. The topological polar surface area (TPSA) is 55.8 Å². The van der Waals surface area contributed by atoms with Crippen LogP contribution in [-0.4, -0.2) is 41.6 Å². The molecule has 0 radical (unpaired) electrons. The summed E-state index contributed by atoms with van der Waals surface area (Å²) in [4.78, 5) is 27.4. The number of carbonyl (C=O) groups is 2. The fourth-order valence-electron chi connectivity index (χ4n) is 4.25. The standard InChI is InChI=1S/C21H28FNO4/c1-21(2,3)27-20(25)23-14-6-5-7-15(23)11-13(10-14)19(24)17-9-8-16(26-4)12-18(17)22/h8-9,12-15H,5-7,10-11H2,1-4H3. The highest BCUT2D eigenvalue weighted by Crippen LogP contribution is 2.39. The Balaban J connectivity index is 1.76. The second-order valence-electron chi connectivity index (χ2n) is 8.50. The largest absolute Gasteiger partial charge is 0.497 e. The number of benzene rings is 1. The molecule has 2 aliphatic heterocycles. The molecule has 3 rings (SSSR count). The van der Waals surface area contributed by atoms with Crippen LogP contribution in [0.5, 0.6) is 5.75 Å². The molecule has 2 bridgehead atoms. The van der Waals surface area contributed by atoms with Gasteiger partial charge in [0.15, 0.2) is 5.78 Å². The van der Waals surface area contributed by atoms with Gasteiger partial charge < -0.3 is 14.4 Å². The van der Waals surface area contributed by atoms with E-state index in [4.69, 9.17) is 9.47 Å². The minimum absolute atomic E-state index is 0.0254. The maximum Gasteiger partial charge on any atom is 0.410 e. The zero-order valence-corrected chi connectivity index (χ0v) is 16.5. The van der Waals surface area contributed by atoms with E-state index in [0.717, 1.165) is 19.3 Å². The molecule has 2 atom stereocenters. The van der Waals surface area contributed by atoms with Crippen LogP contribution >= 0.6 is 0 Å². The smallest absolute Gasteiger partial charge is 0.410 e. The summed E-state index contributed by atoms with van der Waals surface area (Å²) in [5.41, 5.74) is -0.450. The predicted octanol–water partition coefficient (Wildman–Crippen LogP) is 4.59. The lowest BCUT2D eigenvalue weighted by atomic mass is 9.76. The monoisotopic (exact) mass is 377 g/mol. The number of carbonyl (C=O) groups excluding carboxylic acids is 2. The Morgan fingerprint density at radius 1 is 1.15 bits per heavy atom. The van der Waals surface area contributed by atoms with Crippen LogP contribution in [0.25, 0.3) is 0 Å². The molecular formula is C21H28FNO4. The van der Waals surface area contributed by atoms with Crippen molar-refractivity contribution in [1.29, 1.82) is 0 Å². The Kier molecular flexibility index (Phi) is 5.45. The first kappa shape index (κ1) is 19.6. The van der Waals surface area contributed by atoms with Crippen molar-refractivity contribution in [1.82, 2.24) is 4.90 Å². The number of hydrogen-bond donors (Lipinski definition) is 0. The maximum absolute atomic E-state index is 14.3. The van der Waals surface area contributed by atoms with E-state index >= 15 is 0 Å². The first-order chi connectivity index (χ1) is 12.7. The lowest BCUT2D eigenvalue weighted by Gasteiger charge is -2.48. The van der Waals surface area contributed by atoms with Crippen molar-refractivity contribution < 1.29 is 23.5 Å². The Morgan fingerprint density at radius 3 is 2.30 bits per heavy atom. The highest BCUT2D eigenvalue weighted by atomic mass is 19.1. The van der Waals surface area contributed by atoms with Gasteiger partial charge in [0.1, 0.15) is 17.2 Å². The molecule has 1 amide bonds. The van der Waals surface area contributed by atoms with E-state index in [-0.39, 0.29) is 35.4 Å². The number of Topliss-reactive ketones (excluding diaryl/α,β-unsaturated/α-hetero) is 1. The van der Waals surface area contributed by atoms with Gasteiger partial charge in [-0.3, -0.25) is 4.79 Å². The molecule has 6 heteroatoms. The zero-order valence-electron chi connectivity index (χ0n) is 16.5. The van der Waals surface area contributed by atoms with Gasteiger partial charge in [0, 0.05) is 24.1 Å². The number of piperidine rings is 2. The molecular weight excluding hydrogens is 349 g/mol. The Labute approximate surface area is 159 Å². The van der Waals surface area contributed by atoms with E-state index < -0.39 is 11.4 Å². The van der Waals surface area contributed by atoms with Crippen molar-refractivity contribution >= 4 is 11.9 Å². The van der Waals surface area contributed by atoms with Gasteiger partial charge >= 0.3 is 6.09 Å². The highest BCUT2D eigenvalue weighted by molar-refractivity contribution is 5.98. The minimum Gasteiger partial charge on any atom is -0.497 e. The van der Waals surface area contributed by atoms with Gasteiger partial charge in [0.05, 0.1) is 12.7 Å². The SMILES string of the molecule is COc1ccc(C(=O)C2CC3CCCC(C2)N3C(=O)OC(C)(C)C)c(F)c1. The third-order valence-electron chi connectivity index (χ3n) is 5.39. The van der Waals surface area contributed by atoms with Crippen molar-refractivity contribution in [2.24, 2.45) is 5.92 Å². The van der Waals surface area contributed by atoms with Crippen molar-refractivity contribution in [3.63, 3.8) is 0 Å². The van der Waals surface area contributed by atoms with E-state index in [1.807, 2.05) is 25.7 Å². The van der Waals surface area contributed by atoms with Gasteiger partial charge in [-0.1, -0.05) is 0 Å². The van der Waals surface area contributed by atoms with Crippen LogP contribution in [0.4, 0.5) is 9.18 Å². The maximum atomic E-state index is 14.3. The molecule has 1 aromatic carbocycles. The van der Waals surface area contributed by atoms with Crippen molar-refractivity contribution in [2.45, 2.75) is 70.6 Å². The molecule has 0 N–H and O–H groups in total. The highest BCUT2D eigenvalue weighted by Gasteiger charge is 2.44. The summed E-state index contributed by atoms with van der Waals surface area (Å²) in [6.07, 6.45) is 3.54. The number of nitrogens with zero attached hydrogens (tertiary/aromatic N) is 1. The second kappa shape index (κ2) is 7.49. The van der Waals surface area contributed by atoms with Crippen molar-refractivity contribution in [3.8, 4) is 5.75 Å². The normalized spacial score (nSPS) is 25.1. The lowest BCUT2D eigenvalue weighted by molar-refractivity contribution is -0.0261. The Hall–Kier alpha value is -2.11. The molecule has 0 spiro atoms. The summed E-state index contributed by atoms with van der Waals surface area (Å²) in [5.74, 6) is -0.627. The molecule has 2 fully saturated rings. The molecule has 0 aromatic heterocycles. The van der Waals surface area contributed by atoms with E-state index in [1.165, 1.54) is 19.2 Å². The van der Waals surface area contributed by atoms with Gasteiger partial charge in [-0.15, -0.1) is 0 Å². The van der Waals surface area contributed by atoms with Crippen LogP contribution in [0, 0.1) is 11.7 Å². The predicted molar refractivity (Wildman–Crippen MR) is 99.5 cm³/mol. The van der Waals surface area contributed by atoms with Crippen LogP contribution < -0.4 is 4.74 Å². The average molecular weight is 377 g/mol. The lowest BCUT2D eigenvalue weighted by Crippen LogP contribution is -2.56. The number of halogens is 1. The number of fused-ring (bicyclic) bond motifs is 2. The van der Waals surface area contributed by atoms with Gasteiger partial charge in [0.25, 0.3) is 0 Å².